The van der Waals surface area contributed by atoms with Gasteiger partial charge in [-0.2, -0.15) is 0 Å². The summed E-state index contributed by atoms with van der Waals surface area (Å²) in [6, 6.07) is 17.5. The van der Waals surface area contributed by atoms with Crippen LogP contribution in [0.2, 0.25) is 5.02 Å². The van der Waals surface area contributed by atoms with Crippen LogP contribution in [0.15, 0.2) is 73.2 Å². The molecule has 0 saturated carbocycles. The van der Waals surface area contributed by atoms with E-state index in [4.69, 9.17) is 16.3 Å². The monoisotopic (exact) mass is 417 g/mol. The first kappa shape index (κ1) is 18.3. The minimum Gasteiger partial charge on any atom is -0.508 e. The van der Waals surface area contributed by atoms with Crippen molar-refractivity contribution in [1.82, 2.24) is 14.5 Å². The Kier molecular flexibility index (Phi) is 4.41. The third-order valence-electron chi connectivity index (χ3n) is 4.90. The molecular formula is C23H16ClN3O3. The number of benzene rings is 3. The number of imidazole rings is 1. The van der Waals surface area contributed by atoms with Crippen LogP contribution in [0, 0.1) is 0 Å². The molecule has 5 rings (SSSR count). The number of hydrogen-bond donors (Lipinski definition) is 2. The Morgan fingerprint density at radius 3 is 2.83 bits per heavy atom. The van der Waals surface area contributed by atoms with Gasteiger partial charge in [-0.05, 0) is 42.5 Å². The fourth-order valence-corrected chi connectivity index (χ4v) is 3.65. The highest BCUT2D eigenvalue weighted by Gasteiger charge is 2.15. The summed E-state index contributed by atoms with van der Waals surface area (Å²) in [6.07, 6.45) is 3.36. The van der Waals surface area contributed by atoms with Gasteiger partial charge in [0.2, 0.25) is 0 Å². The number of hydrogen-bond acceptors (Lipinski definition) is 4. The maximum atomic E-state index is 13.0. The number of aromatic hydroxyl groups is 1. The Bertz CT molecular complexity index is 1400. The minimum atomic E-state index is -0.0304. The van der Waals surface area contributed by atoms with Gasteiger partial charge in [0.25, 0.3) is 0 Å². The second-order valence-electron chi connectivity index (χ2n) is 6.94. The lowest BCUT2D eigenvalue weighted by Gasteiger charge is -2.07. The smallest absolute Gasteiger partial charge is 0.184 e. The molecule has 7 heteroatoms. The van der Waals surface area contributed by atoms with Crippen molar-refractivity contribution in [2.75, 3.05) is 0 Å². The number of phenolic OH excluding ortho intramolecular Hbond substituents is 1. The molecule has 5 aromatic rings. The standard InChI is InChI=1S/C23H16ClN3O3/c24-14-4-7-22-21(8-14)26-13-27(22)12-23(29)19-11-25-20-10-17(5-6-18(19)20)30-16-3-1-2-15(28)9-16/h1-11,13,25,28H,12H2. The Morgan fingerprint density at radius 1 is 1.10 bits per heavy atom. The van der Waals surface area contributed by atoms with Gasteiger partial charge in [0.15, 0.2) is 5.78 Å². The fourth-order valence-electron chi connectivity index (χ4n) is 3.49. The zero-order chi connectivity index (χ0) is 20.7. The topological polar surface area (TPSA) is 80.1 Å². The summed E-state index contributed by atoms with van der Waals surface area (Å²) >= 11 is 6.01. The van der Waals surface area contributed by atoms with E-state index in [-0.39, 0.29) is 18.1 Å². The number of H-pyrrole nitrogens is 1. The van der Waals surface area contributed by atoms with E-state index < -0.39 is 0 Å². The first-order valence-corrected chi connectivity index (χ1v) is 9.66. The van der Waals surface area contributed by atoms with Crippen LogP contribution in [-0.2, 0) is 6.54 Å². The van der Waals surface area contributed by atoms with Crippen molar-refractivity contribution in [1.29, 1.82) is 0 Å². The molecule has 0 amide bonds. The average molecular weight is 418 g/mol. The summed E-state index contributed by atoms with van der Waals surface area (Å²) in [5, 5.41) is 11.0. The van der Waals surface area contributed by atoms with E-state index in [9.17, 15) is 9.90 Å². The molecule has 0 atom stereocenters. The van der Waals surface area contributed by atoms with Gasteiger partial charge in [-0.3, -0.25) is 4.79 Å². The number of carbonyl (C=O) groups excluding carboxylic acids is 1. The number of aromatic nitrogens is 3. The number of Topliss-reactive ketones (excluding diaryl/α,β-unsaturated/α-hetero) is 1. The minimum absolute atomic E-state index is 0.0304. The van der Waals surface area contributed by atoms with Gasteiger partial charge in [0, 0.05) is 39.8 Å². The lowest BCUT2D eigenvalue weighted by Crippen LogP contribution is -2.09. The summed E-state index contributed by atoms with van der Waals surface area (Å²) in [7, 11) is 0. The molecule has 0 radical (unpaired) electrons. The first-order valence-electron chi connectivity index (χ1n) is 9.28. The van der Waals surface area contributed by atoms with E-state index in [1.165, 1.54) is 6.07 Å². The number of nitrogens with one attached hydrogen (secondary N) is 1. The van der Waals surface area contributed by atoms with Crippen LogP contribution in [0.25, 0.3) is 21.9 Å². The van der Waals surface area contributed by atoms with Gasteiger partial charge < -0.3 is 19.4 Å². The van der Waals surface area contributed by atoms with E-state index >= 15 is 0 Å². The molecule has 0 bridgehead atoms. The molecule has 2 heterocycles. The van der Waals surface area contributed by atoms with Crippen molar-refractivity contribution in [2.45, 2.75) is 6.54 Å². The van der Waals surface area contributed by atoms with Crippen molar-refractivity contribution in [3.63, 3.8) is 0 Å². The van der Waals surface area contributed by atoms with E-state index in [1.54, 1.807) is 48.9 Å². The molecule has 0 aliphatic heterocycles. The number of fused-ring (bicyclic) bond motifs is 2. The Labute approximate surface area is 176 Å². The molecule has 0 spiro atoms. The molecule has 30 heavy (non-hydrogen) atoms. The van der Waals surface area contributed by atoms with Gasteiger partial charge >= 0.3 is 0 Å². The molecule has 2 aromatic heterocycles. The van der Waals surface area contributed by atoms with Crippen molar-refractivity contribution in [3.05, 3.63) is 83.8 Å². The van der Waals surface area contributed by atoms with Gasteiger partial charge in [0.1, 0.15) is 17.2 Å². The number of aromatic amines is 1. The average Bonchev–Trinajstić information content (AvgIpc) is 3.31. The number of rotatable bonds is 5. The van der Waals surface area contributed by atoms with Crippen LogP contribution in [-0.4, -0.2) is 25.4 Å². The van der Waals surface area contributed by atoms with Crippen LogP contribution in [0.3, 0.4) is 0 Å². The second-order valence-corrected chi connectivity index (χ2v) is 7.37. The molecular weight excluding hydrogens is 402 g/mol. The number of halogens is 1. The Balaban J connectivity index is 1.41. The lowest BCUT2D eigenvalue weighted by atomic mass is 10.1. The predicted molar refractivity (Wildman–Crippen MR) is 116 cm³/mol. The molecule has 6 nitrogen and oxygen atoms in total. The largest absolute Gasteiger partial charge is 0.508 e. The summed E-state index contributed by atoms with van der Waals surface area (Å²) in [4.78, 5) is 20.4. The maximum absolute atomic E-state index is 13.0. The quantitative estimate of drug-likeness (QED) is 0.367. The van der Waals surface area contributed by atoms with Crippen molar-refractivity contribution < 1.29 is 14.6 Å². The van der Waals surface area contributed by atoms with Crippen LogP contribution in [0.4, 0.5) is 0 Å². The molecule has 0 aliphatic carbocycles. The van der Waals surface area contributed by atoms with Crippen molar-refractivity contribution >= 4 is 39.3 Å². The fraction of sp³-hybridized carbons (Fsp3) is 0.0435. The first-order chi connectivity index (χ1) is 14.6. The molecule has 148 valence electrons. The SMILES string of the molecule is O=C(Cn1cnc2cc(Cl)ccc21)c1c[nH]c2cc(Oc3cccc(O)c3)ccc12. The van der Waals surface area contributed by atoms with Gasteiger partial charge in [-0.25, -0.2) is 4.98 Å². The molecule has 0 fully saturated rings. The third kappa shape index (κ3) is 3.38. The van der Waals surface area contributed by atoms with Crippen LogP contribution in [0.5, 0.6) is 17.2 Å². The predicted octanol–water partition coefficient (Wildman–Crippen LogP) is 5.55. The van der Waals surface area contributed by atoms with E-state index in [1.807, 2.05) is 22.8 Å². The third-order valence-corrected chi connectivity index (χ3v) is 5.14. The zero-order valence-electron chi connectivity index (χ0n) is 15.7. The highest BCUT2D eigenvalue weighted by Crippen LogP contribution is 2.29. The summed E-state index contributed by atoms with van der Waals surface area (Å²) in [6.45, 7) is 0.173. The summed E-state index contributed by atoms with van der Waals surface area (Å²) < 4.78 is 7.60. The van der Waals surface area contributed by atoms with Crippen LogP contribution >= 0.6 is 11.6 Å². The molecule has 0 aliphatic rings. The zero-order valence-corrected chi connectivity index (χ0v) is 16.4. The van der Waals surface area contributed by atoms with Crippen molar-refractivity contribution in [2.24, 2.45) is 0 Å². The molecule has 0 saturated heterocycles. The second kappa shape index (κ2) is 7.24. The number of carbonyl (C=O) groups is 1. The molecule has 2 N–H and O–H groups in total. The summed E-state index contributed by atoms with van der Waals surface area (Å²) in [5.74, 6) is 1.24. The van der Waals surface area contributed by atoms with Crippen molar-refractivity contribution in [3.8, 4) is 17.2 Å². The Hall–Kier alpha value is -3.77. The van der Waals surface area contributed by atoms with Crippen LogP contribution in [0.1, 0.15) is 10.4 Å². The highest BCUT2D eigenvalue weighted by atomic mass is 35.5. The maximum Gasteiger partial charge on any atom is 0.184 e. The number of ketones is 1. The van der Waals surface area contributed by atoms with Gasteiger partial charge in [-0.15, -0.1) is 0 Å². The van der Waals surface area contributed by atoms with Gasteiger partial charge in [-0.1, -0.05) is 17.7 Å². The number of ether oxygens (including phenoxy) is 1. The highest BCUT2D eigenvalue weighted by molar-refractivity contribution is 6.31. The lowest BCUT2D eigenvalue weighted by molar-refractivity contribution is 0.0975. The normalized spacial score (nSPS) is 11.2. The van der Waals surface area contributed by atoms with E-state index in [0.717, 1.165) is 21.9 Å². The molecule has 3 aromatic carbocycles. The van der Waals surface area contributed by atoms with E-state index in [2.05, 4.69) is 9.97 Å². The number of phenols is 1. The van der Waals surface area contributed by atoms with E-state index in [0.29, 0.717) is 22.1 Å². The molecule has 0 unspecified atom stereocenters. The summed E-state index contributed by atoms with van der Waals surface area (Å²) in [5.41, 5.74) is 3.00. The van der Waals surface area contributed by atoms with Crippen LogP contribution < -0.4 is 4.74 Å². The Morgan fingerprint density at radius 2 is 1.97 bits per heavy atom. The van der Waals surface area contributed by atoms with Gasteiger partial charge in [0.05, 0.1) is 23.9 Å². The number of nitrogens with zero attached hydrogens (tertiary/aromatic N) is 2.